The van der Waals surface area contributed by atoms with E-state index in [0.717, 1.165) is 43.4 Å². The highest BCUT2D eigenvalue weighted by Crippen LogP contribution is 2.21. The van der Waals surface area contributed by atoms with Crippen LogP contribution in [0.25, 0.3) is 0 Å². The van der Waals surface area contributed by atoms with Gasteiger partial charge in [0.2, 0.25) is 70.9 Å². The van der Waals surface area contributed by atoms with Crippen LogP contribution in [0, 0.1) is 0 Å². The Labute approximate surface area is 441 Å². The molecule has 17 N–H and O–H groups in total. The van der Waals surface area contributed by atoms with Crippen LogP contribution in [-0.2, 0) is 64.0 Å². The van der Waals surface area contributed by atoms with Crippen molar-refractivity contribution in [2.75, 3.05) is 13.2 Å². The first kappa shape index (κ1) is 62.9. The van der Waals surface area contributed by atoms with Crippen LogP contribution in [0.2, 0.25) is 0 Å². The second-order valence-electron chi connectivity index (χ2n) is 19.4. The first-order valence-corrected chi connectivity index (χ1v) is 26.1. The summed E-state index contributed by atoms with van der Waals surface area (Å²) in [6.07, 6.45) is 7.11. The Morgan fingerprint density at radius 2 is 0.987 bits per heavy atom. The summed E-state index contributed by atoms with van der Waals surface area (Å²) < 4.78 is 0. The highest BCUT2D eigenvalue weighted by atomic mass is 16.3. The van der Waals surface area contributed by atoms with Crippen molar-refractivity contribution in [1.29, 1.82) is 0 Å². The summed E-state index contributed by atoms with van der Waals surface area (Å²) in [5.74, 6) is -12.6. The van der Waals surface area contributed by atoms with Gasteiger partial charge in [-0.1, -0.05) is 89.7 Å². The number of aromatic hydroxyl groups is 1. The van der Waals surface area contributed by atoms with E-state index in [9.17, 15) is 67.7 Å². The number of nitrogens with zero attached hydrogens (tertiary/aromatic N) is 1. The number of carbonyl (C=O) groups excluding carboxylic acids is 12. The number of nitrogens with one attached hydrogen (secondary N) is 7. The second-order valence-corrected chi connectivity index (χ2v) is 19.4. The SMILES string of the molecule is CCCCCCCCCCCCC[C@@H]1CC(=O)N[C@@H](CC(N)=O)C(=O)N[C@H](Cc2ccc(O)cc2)C(=O)N[C@H](CC(N)=O)C(=O)N[C@@H](CCC(N)=O)C(=O)N2CCC[C@H]2C(=O)N[C@H](CC(N)=O)C(=O)N[C@@H](CO)C(=O)N1. The predicted molar refractivity (Wildman–Crippen MR) is 273 cm³/mol. The van der Waals surface area contributed by atoms with Gasteiger partial charge in [-0.3, -0.25) is 57.5 Å². The van der Waals surface area contributed by atoms with Gasteiger partial charge in [-0.15, -0.1) is 0 Å². The highest BCUT2D eigenvalue weighted by molar-refractivity contribution is 6.00. The zero-order valence-corrected chi connectivity index (χ0v) is 43.2. The number of phenolic OH excluding ortho intramolecular Hbond substituents is 1. The number of carbonyl (C=O) groups is 12. The van der Waals surface area contributed by atoms with E-state index in [2.05, 4.69) is 44.1 Å². The molecule has 0 radical (unpaired) electrons. The van der Waals surface area contributed by atoms with Crippen LogP contribution in [0.3, 0.4) is 0 Å². The maximum atomic E-state index is 14.3. The van der Waals surface area contributed by atoms with Crippen LogP contribution in [-0.4, -0.2) is 147 Å². The first-order chi connectivity index (χ1) is 36.1. The number of hydrogen-bond donors (Lipinski definition) is 13. The van der Waals surface area contributed by atoms with Gasteiger partial charge in [0, 0.05) is 31.8 Å². The smallest absolute Gasteiger partial charge is 0.245 e. The number of aliphatic hydroxyl groups excluding tert-OH is 1. The van der Waals surface area contributed by atoms with Gasteiger partial charge >= 0.3 is 0 Å². The molecule has 26 heteroatoms. The van der Waals surface area contributed by atoms with Crippen LogP contribution < -0.4 is 60.2 Å². The summed E-state index contributed by atoms with van der Waals surface area (Å²) in [5, 5.41) is 37.3. The molecule has 76 heavy (non-hydrogen) atoms. The van der Waals surface area contributed by atoms with Gasteiger partial charge in [0.05, 0.1) is 25.9 Å². The molecule has 8 atom stereocenters. The van der Waals surface area contributed by atoms with Gasteiger partial charge < -0.3 is 75.3 Å². The maximum Gasteiger partial charge on any atom is 0.245 e. The van der Waals surface area contributed by atoms with E-state index in [0.29, 0.717) is 18.4 Å². The van der Waals surface area contributed by atoms with E-state index < -0.39 is 164 Å². The van der Waals surface area contributed by atoms with Crippen molar-refractivity contribution in [3.05, 3.63) is 29.8 Å². The highest BCUT2D eigenvalue weighted by Gasteiger charge is 2.41. The summed E-state index contributed by atoms with van der Waals surface area (Å²) in [4.78, 5) is 162. The number of fused-ring (bicyclic) bond motifs is 1. The van der Waals surface area contributed by atoms with E-state index in [1.54, 1.807) is 0 Å². The van der Waals surface area contributed by atoms with Crippen molar-refractivity contribution >= 4 is 70.9 Å². The average molecular weight is 1070 g/mol. The van der Waals surface area contributed by atoms with Crippen molar-refractivity contribution in [1.82, 2.24) is 42.1 Å². The van der Waals surface area contributed by atoms with Gasteiger partial charge in [-0.05, 0) is 43.4 Å². The van der Waals surface area contributed by atoms with Crippen molar-refractivity contribution in [3.8, 4) is 5.75 Å². The number of hydrogen-bond acceptors (Lipinski definition) is 14. The summed E-state index contributed by atoms with van der Waals surface area (Å²) >= 11 is 0. The molecule has 2 aliphatic heterocycles. The molecule has 2 saturated heterocycles. The second kappa shape index (κ2) is 32.8. The Balaban J connectivity index is 2.10. The van der Waals surface area contributed by atoms with Gasteiger partial charge in [-0.2, -0.15) is 0 Å². The lowest BCUT2D eigenvalue weighted by Crippen LogP contribution is -2.60. The maximum absolute atomic E-state index is 14.3. The normalized spacial score (nSPS) is 23.7. The summed E-state index contributed by atoms with van der Waals surface area (Å²) in [6.45, 7) is 1.06. The molecule has 2 aliphatic rings. The van der Waals surface area contributed by atoms with Crippen LogP contribution in [0.5, 0.6) is 5.75 Å². The van der Waals surface area contributed by atoms with E-state index in [-0.39, 0.29) is 38.0 Å². The Morgan fingerprint density at radius 3 is 1.50 bits per heavy atom. The number of phenols is 1. The van der Waals surface area contributed by atoms with Crippen molar-refractivity contribution in [2.24, 2.45) is 22.9 Å². The number of primary amides is 4. The van der Waals surface area contributed by atoms with Crippen molar-refractivity contribution in [3.63, 3.8) is 0 Å². The lowest BCUT2D eigenvalue weighted by molar-refractivity contribution is -0.143. The zero-order chi connectivity index (χ0) is 56.3. The van der Waals surface area contributed by atoms with Crippen molar-refractivity contribution in [2.45, 2.75) is 190 Å². The molecule has 0 unspecified atom stereocenters. The molecule has 2 fully saturated rings. The van der Waals surface area contributed by atoms with Crippen LogP contribution >= 0.6 is 0 Å². The number of aliphatic hydroxyl groups is 1. The molecule has 422 valence electrons. The lowest BCUT2D eigenvalue weighted by atomic mass is 10.0. The molecule has 0 bridgehead atoms. The Bertz CT molecular complexity index is 2200. The molecule has 1 aromatic carbocycles. The quantitative estimate of drug-likeness (QED) is 0.0469. The molecular formula is C50H78N12O14. The van der Waals surface area contributed by atoms with Crippen molar-refractivity contribution < 1.29 is 67.7 Å². The average Bonchev–Trinajstić information content (AvgIpc) is 3.85. The molecule has 0 spiro atoms. The van der Waals surface area contributed by atoms with Gasteiger partial charge in [0.1, 0.15) is 48.0 Å². The fourth-order valence-corrected chi connectivity index (χ4v) is 8.97. The van der Waals surface area contributed by atoms with E-state index in [1.165, 1.54) is 43.5 Å². The first-order valence-electron chi connectivity index (χ1n) is 26.1. The van der Waals surface area contributed by atoms with Gasteiger partial charge in [-0.25, -0.2) is 0 Å². The fourth-order valence-electron chi connectivity index (χ4n) is 8.97. The Kier molecular flexibility index (Phi) is 27.2. The third kappa shape index (κ3) is 22.6. The van der Waals surface area contributed by atoms with E-state index in [4.69, 9.17) is 22.9 Å². The number of nitrogens with two attached hydrogens (primary N) is 4. The molecule has 1 aromatic rings. The van der Waals surface area contributed by atoms with Crippen LogP contribution in [0.15, 0.2) is 24.3 Å². The largest absolute Gasteiger partial charge is 0.508 e. The number of unbranched alkanes of at least 4 members (excludes halogenated alkanes) is 10. The van der Waals surface area contributed by atoms with Gasteiger partial charge in [0.25, 0.3) is 0 Å². The summed E-state index contributed by atoms with van der Waals surface area (Å²) in [6, 6.07) is -7.34. The molecule has 0 saturated carbocycles. The molecule has 0 aliphatic carbocycles. The van der Waals surface area contributed by atoms with E-state index in [1.807, 2.05) is 0 Å². The number of rotatable bonds is 24. The fraction of sp³-hybridized carbons (Fsp3) is 0.640. The molecule has 2 heterocycles. The molecule has 3 rings (SSSR count). The minimum absolute atomic E-state index is 0.00350. The molecular weight excluding hydrogens is 993 g/mol. The van der Waals surface area contributed by atoms with Crippen LogP contribution in [0.1, 0.15) is 141 Å². The molecule has 0 aromatic heterocycles. The third-order valence-electron chi connectivity index (χ3n) is 13.0. The summed E-state index contributed by atoms with van der Waals surface area (Å²) in [7, 11) is 0. The van der Waals surface area contributed by atoms with Gasteiger partial charge in [0.15, 0.2) is 0 Å². The number of benzene rings is 1. The summed E-state index contributed by atoms with van der Waals surface area (Å²) in [5.41, 5.74) is 22.2. The van der Waals surface area contributed by atoms with Crippen LogP contribution in [0.4, 0.5) is 0 Å². The molecule has 12 amide bonds. The van der Waals surface area contributed by atoms with E-state index >= 15 is 0 Å². The monoisotopic (exact) mass is 1070 g/mol. The zero-order valence-electron chi connectivity index (χ0n) is 43.2. The standard InChI is InChI=1S/C50H78N12O14/c1-2-3-4-5-6-7-8-9-10-11-12-14-30-24-43(69)56-34(25-40(52)66)45(71)58-33(23-29-16-18-31(64)19-17-29)44(70)59-35(26-41(53)67)46(72)57-32(20-21-39(51)65)50(76)62-22-13-15-38(62)49(75)60-36(27-42(54)68)47(73)61-37(28-63)48(74)55-30/h16-19,30,32-38,63-64H,2-15,20-28H2,1H3,(H2,51,65)(H2,52,66)(H2,53,67)(H2,54,68)(H,55,74)(H,56,69)(H,57,72)(H,58,71)(H,59,70)(H,60,75)(H,61,73)/t30-,32+,33-,34+,35-,36-,37+,38+/m1/s1. The topological polar surface area (TPSA) is 437 Å². The Hall–Kier alpha value is -7.38. The minimum atomic E-state index is -1.86. The number of amides is 12. The predicted octanol–water partition coefficient (Wildman–Crippen LogP) is -2.69. The Morgan fingerprint density at radius 1 is 0.539 bits per heavy atom. The third-order valence-corrected chi connectivity index (χ3v) is 13.0. The minimum Gasteiger partial charge on any atom is -0.508 e. The lowest BCUT2D eigenvalue weighted by Gasteiger charge is -2.31. The molecule has 26 nitrogen and oxygen atoms in total.